The quantitative estimate of drug-likeness (QED) is 0.320. The Morgan fingerprint density at radius 2 is 1.81 bits per heavy atom. The van der Waals surface area contributed by atoms with E-state index in [-0.39, 0.29) is 5.91 Å². The summed E-state index contributed by atoms with van der Waals surface area (Å²) in [5, 5.41) is 0.687. The Labute approximate surface area is 201 Å². The smallest absolute Gasteiger partial charge is 0.258 e. The van der Waals surface area contributed by atoms with Crippen LogP contribution in [0.15, 0.2) is 65.1 Å². The zero-order valence-corrected chi connectivity index (χ0v) is 20.2. The minimum absolute atomic E-state index is 0.0157. The van der Waals surface area contributed by atoms with Crippen LogP contribution in [0.4, 0.5) is 5.69 Å². The summed E-state index contributed by atoms with van der Waals surface area (Å²) in [5.41, 5.74) is 4.42. The highest BCUT2D eigenvalue weighted by Crippen LogP contribution is 2.40. The third kappa shape index (κ3) is 4.54. The van der Waals surface area contributed by atoms with E-state index in [1.165, 1.54) is 0 Å². The van der Waals surface area contributed by atoms with E-state index in [4.69, 9.17) is 21.1 Å². The zero-order chi connectivity index (χ0) is 22.7. The lowest BCUT2D eigenvalue weighted by atomic mass is 10.0. The lowest BCUT2D eigenvalue weighted by Gasteiger charge is -2.15. The fourth-order valence-corrected chi connectivity index (χ4v) is 4.29. The molecule has 0 atom stereocenters. The Balaban J connectivity index is 1.65. The summed E-state index contributed by atoms with van der Waals surface area (Å²) in [4.78, 5) is 15.0. The number of anilines is 1. The molecule has 0 bridgehead atoms. The van der Waals surface area contributed by atoms with Crippen LogP contribution < -0.4 is 14.4 Å². The molecule has 6 heteroatoms. The lowest BCUT2D eigenvalue weighted by Crippen LogP contribution is -2.26. The Kier molecular flexibility index (Phi) is 6.87. The van der Waals surface area contributed by atoms with E-state index in [9.17, 15) is 4.79 Å². The third-order valence-electron chi connectivity index (χ3n) is 5.30. The van der Waals surface area contributed by atoms with Gasteiger partial charge in [0, 0.05) is 27.2 Å². The summed E-state index contributed by atoms with van der Waals surface area (Å²) in [6.45, 7) is 3.15. The van der Waals surface area contributed by atoms with Gasteiger partial charge >= 0.3 is 0 Å². The van der Waals surface area contributed by atoms with E-state index in [2.05, 4.69) is 22.9 Å². The maximum atomic E-state index is 13.1. The van der Waals surface area contributed by atoms with Crippen molar-refractivity contribution >= 4 is 50.8 Å². The van der Waals surface area contributed by atoms with Gasteiger partial charge in [0.1, 0.15) is 6.61 Å². The molecule has 0 spiro atoms. The molecule has 3 aromatic carbocycles. The molecular formula is C26H23BrClNO3. The number of para-hydroxylation sites is 1. The van der Waals surface area contributed by atoms with Gasteiger partial charge in [-0.25, -0.2) is 0 Å². The third-order valence-corrected chi connectivity index (χ3v) is 6.24. The molecule has 4 nitrogen and oxygen atoms in total. The minimum atomic E-state index is 0.0157. The molecule has 0 aliphatic carbocycles. The van der Waals surface area contributed by atoms with Gasteiger partial charge < -0.3 is 14.4 Å². The molecule has 0 saturated heterocycles. The average molecular weight is 513 g/mol. The first kappa shape index (κ1) is 22.4. The van der Waals surface area contributed by atoms with E-state index < -0.39 is 0 Å². The number of fused-ring (bicyclic) bond motifs is 1. The normalized spacial score (nSPS) is 14.1. The van der Waals surface area contributed by atoms with Crippen LogP contribution in [0.2, 0.25) is 5.02 Å². The maximum Gasteiger partial charge on any atom is 0.258 e. The second kappa shape index (κ2) is 9.80. The van der Waals surface area contributed by atoms with Gasteiger partial charge in [0.2, 0.25) is 0 Å². The topological polar surface area (TPSA) is 38.8 Å². The minimum Gasteiger partial charge on any atom is -0.493 e. The van der Waals surface area contributed by atoms with Gasteiger partial charge in [0.15, 0.2) is 11.5 Å². The highest BCUT2D eigenvalue weighted by atomic mass is 79.9. The highest BCUT2D eigenvalue weighted by Gasteiger charge is 2.31. The first-order chi connectivity index (χ1) is 15.5. The average Bonchev–Trinajstić information content (AvgIpc) is 3.06. The number of methoxy groups -OCH3 is 1. The van der Waals surface area contributed by atoms with Crippen LogP contribution in [0.1, 0.15) is 30.0 Å². The van der Waals surface area contributed by atoms with E-state index >= 15 is 0 Å². The van der Waals surface area contributed by atoms with Gasteiger partial charge in [-0.05, 0) is 54.0 Å². The fourth-order valence-electron chi connectivity index (χ4n) is 3.72. The number of halogens is 2. The second-order valence-electron chi connectivity index (χ2n) is 7.47. The van der Waals surface area contributed by atoms with Crippen molar-refractivity contribution in [1.29, 1.82) is 0 Å². The van der Waals surface area contributed by atoms with Crippen LogP contribution in [0.5, 0.6) is 11.5 Å². The molecular weight excluding hydrogens is 490 g/mol. The summed E-state index contributed by atoms with van der Waals surface area (Å²) in [7, 11) is 1.61. The molecule has 0 N–H and O–H groups in total. The van der Waals surface area contributed by atoms with Crippen molar-refractivity contribution in [1.82, 2.24) is 0 Å². The van der Waals surface area contributed by atoms with Crippen molar-refractivity contribution in [2.24, 2.45) is 0 Å². The van der Waals surface area contributed by atoms with Crippen molar-refractivity contribution in [3.8, 4) is 11.5 Å². The number of benzene rings is 3. The Hall–Kier alpha value is -2.76. The summed E-state index contributed by atoms with van der Waals surface area (Å²) < 4.78 is 12.4. The van der Waals surface area contributed by atoms with Crippen LogP contribution in [0.25, 0.3) is 11.6 Å². The molecule has 4 rings (SSSR count). The Bertz CT molecular complexity index is 1170. The predicted molar refractivity (Wildman–Crippen MR) is 133 cm³/mol. The summed E-state index contributed by atoms with van der Waals surface area (Å²) in [6, 6.07) is 19.2. The number of hydrogen-bond donors (Lipinski definition) is 0. The SMILES string of the molecule is CCCN1C(=O)/C(=C\c2cc(OC)c(OCc3ccc(Cl)cc3)cc2Br)c2ccccc21. The number of hydrogen-bond acceptors (Lipinski definition) is 3. The highest BCUT2D eigenvalue weighted by molar-refractivity contribution is 9.10. The monoisotopic (exact) mass is 511 g/mol. The molecule has 0 unspecified atom stereocenters. The Morgan fingerprint density at radius 3 is 2.53 bits per heavy atom. The zero-order valence-electron chi connectivity index (χ0n) is 17.9. The maximum absolute atomic E-state index is 13.1. The molecule has 0 saturated carbocycles. The van der Waals surface area contributed by atoms with Crippen LogP contribution in [-0.2, 0) is 11.4 Å². The largest absolute Gasteiger partial charge is 0.493 e. The van der Waals surface area contributed by atoms with Gasteiger partial charge in [-0.3, -0.25) is 4.79 Å². The van der Waals surface area contributed by atoms with Crippen molar-refractivity contribution in [3.05, 3.63) is 86.8 Å². The molecule has 0 aromatic heterocycles. The number of carbonyl (C=O) groups excluding carboxylic acids is 1. The summed E-state index contributed by atoms with van der Waals surface area (Å²) in [6.07, 6.45) is 2.80. The van der Waals surface area contributed by atoms with Crippen molar-refractivity contribution in [2.75, 3.05) is 18.6 Å². The van der Waals surface area contributed by atoms with Crippen molar-refractivity contribution < 1.29 is 14.3 Å². The van der Waals surface area contributed by atoms with Crippen molar-refractivity contribution in [3.63, 3.8) is 0 Å². The molecule has 32 heavy (non-hydrogen) atoms. The van der Waals surface area contributed by atoms with E-state index in [0.29, 0.717) is 35.2 Å². The van der Waals surface area contributed by atoms with Crippen LogP contribution in [-0.4, -0.2) is 19.6 Å². The van der Waals surface area contributed by atoms with E-state index in [1.807, 2.05) is 71.6 Å². The summed E-state index contributed by atoms with van der Waals surface area (Å²) in [5.74, 6) is 1.22. The lowest BCUT2D eigenvalue weighted by molar-refractivity contribution is -0.113. The molecule has 3 aromatic rings. The second-order valence-corrected chi connectivity index (χ2v) is 8.76. The first-order valence-electron chi connectivity index (χ1n) is 10.4. The van der Waals surface area contributed by atoms with Gasteiger partial charge in [0.25, 0.3) is 5.91 Å². The van der Waals surface area contributed by atoms with Crippen LogP contribution in [0.3, 0.4) is 0 Å². The molecule has 0 radical (unpaired) electrons. The summed E-state index contributed by atoms with van der Waals surface area (Å²) >= 11 is 9.59. The molecule has 1 amide bonds. The molecule has 1 aliphatic rings. The number of nitrogens with zero attached hydrogens (tertiary/aromatic N) is 1. The first-order valence-corrected chi connectivity index (χ1v) is 11.6. The van der Waals surface area contributed by atoms with Crippen LogP contribution in [0, 0.1) is 0 Å². The molecule has 1 aliphatic heterocycles. The van der Waals surface area contributed by atoms with Gasteiger partial charge in [0.05, 0.1) is 12.8 Å². The Morgan fingerprint density at radius 1 is 1.06 bits per heavy atom. The van der Waals surface area contributed by atoms with Crippen molar-refractivity contribution in [2.45, 2.75) is 20.0 Å². The molecule has 0 fully saturated rings. The van der Waals surface area contributed by atoms with E-state index in [1.54, 1.807) is 7.11 Å². The van der Waals surface area contributed by atoms with Crippen LogP contribution >= 0.6 is 27.5 Å². The van der Waals surface area contributed by atoms with Gasteiger partial charge in [-0.15, -0.1) is 0 Å². The molecule has 164 valence electrons. The standard InChI is InChI=1S/C26H23BrClNO3/c1-3-12-29-23-7-5-4-6-20(23)21(26(29)30)13-18-14-24(31-2)25(15-22(18)27)32-16-17-8-10-19(28)11-9-17/h4-11,13-15H,3,12,16H2,1-2H3/b21-13-. The number of ether oxygens (including phenoxy) is 2. The number of carbonyl (C=O) groups is 1. The number of rotatable bonds is 7. The van der Waals surface area contributed by atoms with Gasteiger partial charge in [-0.2, -0.15) is 0 Å². The fraction of sp³-hybridized carbons (Fsp3) is 0.192. The molecule has 1 heterocycles. The predicted octanol–water partition coefficient (Wildman–Crippen LogP) is 6.99. The van der Waals surface area contributed by atoms with Gasteiger partial charge in [-0.1, -0.05) is 64.8 Å². The number of amides is 1. The van der Waals surface area contributed by atoms with E-state index in [0.717, 1.165) is 33.3 Å².